The predicted octanol–water partition coefficient (Wildman–Crippen LogP) is -0.498. The summed E-state index contributed by atoms with van der Waals surface area (Å²) in [6, 6.07) is 0. The quantitative estimate of drug-likeness (QED) is 0.612. The van der Waals surface area contributed by atoms with E-state index in [-0.39, 0.29) is 21.1 Å². The summed E-state index contributed by atoms with van der Waals surface area (Å²) < 4.78 is 25.9. The fourth-order valence-electron chi connectivity index (χ4n) is 0. The minimum absolute atomic E-state index is 0. The molecule has 0 atom stereocenters. The van der Waals surface area contributed by atoms with Gasteiger partial charge in [0.25, 0.3) is 10.1 Å². The van der Waals surface area contributed by atoms with E-state index in [4.69, 9.17) is 4.55 Å². The van der Waals surface area contributed by atoms with Crippen LogP contribution in [-0.2, 0) is 31.2 Å². The number of hydrogen-bond acceptors (Lipinski definition) is 2. The van der Waals surface area contributed by atoms with Crippen LogP contribution in [0.2, 0.25) is 0 Å². The van der Waals surface area contributed by atoms with Crippen LogP contribution in [0.25, 0.3) is 0 Å². The maximum absolute atomic E-state index is 9.19. The van der Waals surface area contributed by atoms with E-state index in [0.29, 0.717) is 6.26 Å². The Kier molecular flexibility index (Phi) is 4.43. The zero-order chi connectivity index (χ0) is 4.50. The van der Waals surface area contributed by atoms with Gasteiger partial charge >= 0.3 is 0 Å². The second-order valence-electron chi connectivity index (χ2n) is 0.733. The van der Waals surface area contributed by atoms with Gasteiger partial charge in [-0.3, -0.25) is 4.55 Å². The Balaban J connectivity index is 0. The Morgan fingerprint density at radius 2 is 1.50 bits per heavy atom. The standard InChI is InChI=1S/CH4O3S.Pt/c1-5(2,3)4;/h1H3,(H,2,3,4);. The minimum atomic E-state index is -3.67. The van der Waals surface area contributed by atoms with Crippen molar-refractivity contribution in [3.63, 3.8) is 0 Å². The molecule has 0 rings (SSSR count). The van der Waals surface area contributed by atoms with Gasteiger partial charge in [-0.2, -0.15) is 8.42 Å². The smallest absolute Gasteiger partial charge is 0.261 e. The third-order valence-corrected chi connectivity index (χ3v) is 0. The fourth-order valence-corrected chi connectivity index (χ4v) is 0. The third-order valence-electron chi connectivity index (χ3n) is 0. The molecule has 0 radical (unpaired) electrons. The van der Waals surface area contributed by atoms with Gasteiger partial charge in [0.1, 0.15) is 0 Å². The normalized spacial score (nSPS) is 9.67. The summed E-state index contributed by atoms with van der Waals surface area (Å²) in [7, 11) is -3.67. The Hall–Kier alpha value is 0.598. The predicted molar refractivity (Wildman–Crippen MR) is 17.5 cm³/mol. The van der Waals surface area contributed by atoms with E-state index in [9.17, 15) is 8.42 Å². The number of rotatable bonds is 0. The molecule has 0 aromatic rings. The summed E-state index contributed by atoms with van der Waals surface area (Å²) in [4.78, 5) is 0. The molecule has 42 valence electrons. The van der Waals surface area contributed by atoms with Gasteiger partial charge < -0.3 is 0 Å². The average molecular weight is 291 g/mol. The van der Waals surface area contributed by atoms with Crippen LogP contribution in [0.1, 0.15) is 0 Å². The zero-order valence-corrected chi connectivity index (χ0v) is 6.08. The molecule has 1 N–H and O–H groups in total. The average Bonchev–Trinajstić information content (AvgIpc) is 0.722. The van der Waals surface area contributed by atoms with Crippen LogP contribution in [0.3, 0.4) is 0 Å². The first-order valence-electron chi connectivity index (χ1n) is 0.924. The summed E-state index contributed by atoms with van der Waals surface area (Å²) in [6.07, 6.45) is 0.715. The second kappa shape index (κ2) is 2.72. The Bertz CT molecular complexity index is 94.0. The molecular formula is CH4O3PtS. The first-order chi connectivity index (χ1) is 2.00. The van der Waals surface area contributed by atoms with E-state index in [0.717, 1.165) is 0 Å². The van der Waals surface area contributed by atoms with Crippen molar-refractivity contribution in [3.8, 4) is 0 Å². The molecular weight excluding hydrogens is 287 g/mol. The molecule has 0 bridgehead atoms. The van der Waals surface area contributed by atoms with Crippen molar-refractivity contribution < 1.29 is 34.0 Å². The first-order valence-corrected chi connectivity index (χ1v) is 2.77. The van der Waals surface area contributed by atoms with Crippen LogP contribution in [0.5, 0.6) is 0 Å². The van der Waals surface area contributed by atoms with E-state index in [1.54, 1.807) is 0 Å². The molecule has 0 aromatic heterocycles. The van der Waals surface area contributed by atoms with E-state index in [1.807, 2.05) is 0 Å². The van der Waals surface area contributed by atoms with Crippen LogP contribution in [0.15, 0.2) is 0 Å². The minimum Gasteiger partial charge on any atom is -0.286 e. The summed E-state index contributed by atoms with van der Waals surface area (Å²) >= 11 is 0. The Morgan fingerprint density at radius 1 is 1.50 bits per heavy atom. The van der Waals surface area contributed by atoms with Crippen molar-refractivity contribution in [1.82, 2.24) is 0 Å². The molecule has 0 unspecified atom stereocenters. The molecule has 0 aromatic carbocycles. The van der Waals surface area contributed by atoms with E-state index < -0.39 is 10.1 Å². The largest absolute Gasteiger partial charge is 0.286 e. The molecule has 0 saturated carbocycles. The Labute approximate surface area is 50.8 Å². The second-order valence-corrected chi connectivity index (χ2v) is 2.20. The molecule has 0 spiro atoms. The summed E-state index contributed by atoms with van der Waals surface area (Å²) in [5.41, 5.74) is 0. The maximum atomic E-state index is 9.19. The van der Waals surface area contributed by atoms with Crippen molar-refractivity contribution >= 4 is 10.1 Å². The third kappa shape index (κ3) is 166. The fraction of sp³-hybridized carbons (Fsp3) is 1.00. The molecule has 0 fully saturated rings. The van der Waals surface area contributed by atoms with E-state index in [2.05, 4.69) is 0 Å². The summed E-state index contributed by atoms with van der Waals surface area (Å²) in [5.74, 6) is 0. The van der Waals surface area contributed by atoms with Gasteiger partial charge in [0.15, 0.2) is 0 Å². The molecule has 3 nitrogen and oxygen atoms in total. The van der Waals surface area contributed by atoms with E-state index >= 15 is 0 Å². The van der Waals surface area contributed by atoms with Gasteiger partial charge in [0.2, 0.25) is 0 Å². The van der Waals surface area contributed by atoms with Crippen molar-refractivity contribution in [2.24, 2.45) is 0 Å². The Morgan fingerprint density at radius 3 is 1.50 bits per heavy atom. The molecule has 0 aliphatic carbocycles. The molecule has 0 aliphatic heterocycles. The molecule has 0 aliphatic rings. The van der Waals surface area contributed by atoms with Crippen LogP contribution in [0, 0.1) is 0 Å². The van der Waals surface area contributed by atoms with Crippen LogP contribution in [-0.4, -0.2) is 19.2 Å². The number of hydrogen-bond donors (Lipinski definition) is 1. The first kappa shape index (κ1) is 9.78. The molecule has 5 heteroatoms. The molecule has 0 saturated heterocycles. The van der Waals surface area contributed by atoms with Crippen molar-refractivity contribution in [2.75, 3.05) is 6.26 Å². The van der Waals surface area contributed by atoms with Crippen molar-refractivity contribution in [1.29, 1.82) is 0 Å². The topological polar surface area (TPSA) is 54.4 Å². The molecule has 0 heterocycles. The summed E-state index contributed by atoms with van der Waals surface area (Å²) in [6.45, 7) is 0. The van der Waals surface area contributed by atoms with Crippen LogP contribution < -0.4 is 0 Å². The van der Waals surface area contributed by atoms with Crippen molar-refractivity contribution in [3.05, 3.63) is 0 Å². The van der Waals surface area contributed by atoms with Crippen LogP contribution in [0.4, 0.5) is 0 Å². The summed E-state index contributed by atoms with van der Waals surface area (Å²) in [5, 5.41) is 0. The maximum Gasteiger partial charge on any atom is 0.261 e. The van der Waals surface area contributed by atoms with Gasteiger partial charge in [0.05, 0.1) is 6.26 Å². The monoisotopic (exact) mass is 291 g/mol. The zero-order valence-electron chi connectivity index (χ0n) is 2.99. The van der Waals surface area contributed by atoms with Gasteiger partial charge in [-0.15, -0.1) is 0 Å². The molecule has 6 heavy (non-hydrogen) atoms. The van der Waals surface area contributed by atoms with Crippen LogP contribution >= 0.6 is 0 Å². The van der Waals surface area contributed by atoms with Gasteiger partial charge in [0, 0.05) is 21.1 Å². The van der Waals surface area contributed by atoms with Gasteiger partial charge in [-0.05, 0) is 0 Å². The van der Waals surface area contributed by atoms with Gasteiger partial charge in [-0.1, -0.05) is 0 Å². The molecule has 0 amide bonds. The van der Waals surface area contributed by atoms with E-state index in [1.165, 1.54) is 0 Å². The SMILES string of the molecule is CS(=O)(=O)O.[Pt]. The van der Waals surface area contributed by atoms with Crippen molar-refractivity contribution in [2.45, 2.75) is 0 Å². The van der Waals surface area contributed by atoms with Gasteiger partial charge in [-0.25, -0.2) is 0 Å².